The fraction of sp³-hybridized carbons (Fsp3) is 0.417. The fourth-order valence-corrected chi connectivity index (χ4v) is 4.04. The van der Waals surface area contributed by atoms with Crippen LogP contribution in [0.5, 0.6) is 5.75 Å². The number of amides is 2. The van der Waals surface area contributed by atoms with Gasteiger partial charge in [0.15, 0.2) is 0 Å². The molecule has 2 amide bonds. The lowest BCUT2D eigenvalue weighted by Gasteiger charge is -2.35. The van der Waals surface area contributed by atoms with Crippen molar-refractivity contribution in [3.8, 4) is 5.75 Å². The van der Waals surface area contributed by atoms with Crippen LogP contribution in [0.1, 0.15) is 48.5 Å². The fourth-order valence-electron chi connectivity index (χ4n) is 3.91. The van der Waals surface area contributed by atoms with Gasteiger partial charge in [-0.15, -0.1) is 13.2 Å². The maximum Gasteiger partial charge on any atom is 0.573 e. The van der Waals surface area contributed by atoms with E-state index in [-0.39, 0.29) is 17.4 Å². The van der Waals surface area contributed by atoms with Crippen LogP contribution in [-0.4, -0.2) is 42.2 Å². The number of rotatable bonds is 6. The van der Waals surface area contributed by atoms with E-state index in [1.165, 1.54) is 17.7 Å². The molecule has 5 nitrogen and oxygen atoms in total. The third-order valence-electron chi connectivity index (χ3n) is 5.72. The summed E-state index contributed by atoms with van der Waals surface area (Å²) in [5.41, 5.74) is 1.34. The first-order valence-electron chi connectivity index (χ1n) is 10.7. The highest BCUT2D eigenvalue weighted by atomic mass is 35.5. The first-order valence-corrected chi connectivity index (χ1v) is 11.1. The normalized spacial score (nSPS) is 15.9. The average molecular weight is 483 g/mol. The Bertz CT molecular complexity index is 954. The number of carbonyl (C=O) groups excluding carboxylic acids is 2. The highest BCUT2D eigenvalue weighted by Crippen LogP contribution is 2.29. The first-order chi connectivity index (χ1) is 15.5. The monoisotopic (exact) mass is 482 g/mol. The van der Waals surface area contributed by atoms with Crippen LogP contribution in [0.3, 0.4) is 0 Å². The maximum absolute atomic E-state index is 13.2. The molecule has 1 unspecified atom stereocenters. The van der Waals surface area contributed by atoms with Crippen molar-refractivity contribution in [1.82, 2.24) is 10.2 Å². The van der Waals surface area contributed by atoms with Gasteiger partial charge in [-0.25, -0.2) is 0 Å². The van der Waals surface area contributed by atoms with E-state index < -0.39 is 24.1 Å². The molecule has 1 saturated heterocycles. The Morgan fingerprint density at radius 3 is 2.12 bits per heavy atom. The van der Waals surface area contributed by atoms with Crippen molar-refractivity contribution in [2.45, 2.75) is 45.0 Å². The van der Waals surface area contributed by atoms with Crippen LogP contribution in [-0.2, 0) is 4.79 Å². The highest BCUT2D eigenvalue weighted by Gasteiger charge is 2.33. The number of nitrogens with one attached hydrogen (secondary N) is 1. The Hall–Kier alpha value is -2.74. The van der Waals surface area contributed by atoms with Crippen molar-refractivity contribution >= 4 is 23.4 Å². The smallest absolute Gasteiger partial charge is 0.406 e. The summed E-state index contributed by atoms with van der Waals surface area (Å²) in [6, 6.07) is 11.6. The molecule has 1 aliphatic heterocycles. The minimum absolute atomic E-state index is 0.143. The molecule has 0 bridgehead atoms. The number of ether oxygens (including phenoxy) is 1. The van der Waals surface area contributed by atoms with Crippen LogP contribution < -0.4 is 10.1 Å². The number of hydrogen-bond acceptors (Lipinski definition) is 3. The Morgan fingerprint density at radius 1 is 1.03 bits per heavy atom. The SMILES string of the molecule is CC(C)C(NC(=O)c1ccc(OC(F)(F)F)cc1)C(=O)N1CCC(c2ccc(Cl)cc2)CC1. The molecule has 1 aliphatic rings. The molecule has 9 heteroatoms. The molecule has 2 aromatic rings. The quantitative estimate of drug-likeness (QED) is 0.599. The molecule has 0 radical (unpaired) electrons. The molecule has 1 fully saturated rings. The van der Waals surface area contributed by atoms with Crippen molar-refractivity contribution in [2.75, 3.05) is 13.1 Å². The summed E-state index contributed by atoms with van der Waals surface area (Å²) in [7, 11) is 0. The molecule has 2 aromatic carbocycles. The zero-order chi connectivity index (χ0) is 24.2. The number of benzene rings is 2. The van der Waals surface area contributed by atoms with E-state index in [1.54, 1.807) is 4.90 Å². The molecular formula is C24H26ClF3N2O3. The molecule has 178 valence electrons. The molecular weight excluding hydrogens is 457 g/mol. The highest BCUT2D eigenvalue weighted by molar-refractivity contribution is 6.30. The van der Waals surface area contributed by atoms with E-state index >= 15 is 0 Å². The standard InChI is InChI=1S/C24H26ClF3N2O3/c1-15(2)21(29-22(31)18-5-9-20(10-6-18)33-24(26,27)28)23(32)30-13-11-17(12-14-30)16-3-7-19(25)8-4-16/h3-10,15,17,21H,11-14H2,1-2H3,(H,29,31). The summed E-state index contributed by atoms with van der Waals surface area (Å²) in [6.45, 7) is 4.83. The summed E-state index contributed by atoms with van der Waals surface area (Å²) in [6.07, 6.45) is -3.18. The number of likely N-dealkylation sites (tertiary alicyclic amines) is 1. The molecule has 3 rings (SSSR count). The van der Waals surface area contributed by atoms with E-state index in [0.29, 0.717) is 24.0 Å². The van der Waals surface area contributed by atoms with Crippen molar-refractivity contribution in [3.05, 3.63) is 64.7 Å². The molecule has 1 N–H and O–H groups in total. The number of alkyl halides is 3. The van der Waals surface area contributed by atoms with Gasteiger partial charge in [0.25, 0.3) is 5.91 Å². The lowest BCUT2D eigenvalue weighted by Crippen LogP contribution is -2.52. The van der Waals surface area contributed by atoms with Crippen molar-refractivity contribution in [2.24, 2.45) is 5.92 Å². The zero-order valence-electron chi connectivity index (χ0n) is 18.4. The average Bonchev–Trinajstić information content (AvgIpc) is 2.77. The molecule has 0 aromatic heterocycles. The van der Waals surface area contributed by atoms with Crippen LogP contribution in [0.25, 0.3) is 0 Å². The number of piperidine rings is 1. The van der Waals surface area contributed by atoms with Gasteiger partial charge in [0.05, 0.1) is 0 Å². The van der Waals surface area contributed by atoms with Crippen LogP contribution >= 0.6 is 11.6 Å². The summed E-state index contributed by atoms with van der Waals surface area (Å²) < 4.78 is 40.8. The molecule has 0 saturated carbocycles. The van der Waals surface area contributed by atoms with Crippen molar-refractivity contribution < 1.29 is 27.5 Å². The van der Waals surface area contributed by atoms with E-state index in [2.05, 4.69) is 10.1 Å². The minimum Gasteiger partial charge on any atom is -0.406 e. The number of hydrogen-bond donors (Lipinski definition) is 1. The first kappa shape index (κ1) is 24.9. The third kappa shape index (κ3) is 6.87. The second-order valence-corrected chi connectivity index (χ2v) is 8.85. The predicted octanol–water partition coefficient (Wildman–Crippen LogP) is 5.40. The third-order valence-corrected chi connectivity index (χ3v) is 5.97. The predicted molar refractivity (Wildman–Crippen MR) is 119 cm³/mol. The number of halogens is 4. The van der Waals surface area contributed by atoms with Gasteiger partial charge in [0, 0.05) is 23.7 Å². The Labute approximate surface area is 195 Å². The zero-order valence-corrected chi connectivity index (χ0v) is 19.1. The van der Waals surface area contributed by atoms with E-state index in [4.69, 9.17) is 11.6 Å². The number of carbonyl (C=O) groups is 2. The van der Waals surface area contributed by atoms with Crippen LogP contribution in [0.2, 0.25) is 5.02 Å². The molecule has 1 atom stereocenters. The van der Waals surface area contributed by atoms with E-state index in [1.807, 2.05) is 38.1 Å². The van der Waals surface area contributed by atoms with Crippen LogP contribution in [0.15, 0.2) is 48.5 Å². The van der Waals surface area contributed by atoms with E-state index in [9.17, 15) is 22.8 Å². The van der Waals surface area contributed by atoms with E-state index in [0.717, 1.165) is 25.0 Å². The van der Waals surface area contributed by atoms with Gasteiger partial charge in [0.1, 0.15) is 11.8 Å². The molecule has 0 aliphatic carbocycles. The van der Waals surface area contributed by atoms with Crippen LogP contribution in [0.4, 0.5) is 13.2 Å². The lowest BCUT2D eigenvalue weighted by atomic mass is 9.89. The maximum atomic E-state index is 13.2. The van der Waals surface area contributed by atoms with Crippen LogP contribution in [0, 0.1) is 5.92 Å². The number of nitrogens with zero attached hydrogens (tertiary/aromatic N) is 1. The Balaban J connectivity index is 1.60. The van der Waals surface area contributed by atoms with Gasteiger partial charge < -0.3 is 15.0 Å². The van der Waals surface area contributed by atoms with Gasteiger partial charge in [-0.1, -0.05) is 37.6 Å². The van der Waals surface area contributed by atoms with Gasteiger partial charge in [-0.2, -0.15) is 0 Å². The second kappa shape index (κ2) is 10.5. The summed E-state index contributed by atoms with van der Waals surface area (Å²) in [4.78, 5) is 27.6. The van der Waals surface area contributed by atoms with Gasteiger partial charge in [0.2, 0.25) is 5.91 Å². The lowest BCUT2D eigenvalue weighted by molar-refractivity contribution is -0.274. The van der Waals surface area contributed by atoms with Gasteiger partial charge >= 0.3 is 6.36 Å². The topological polar surface area (TPSA) is 58.6 Å². The minimum atomic E-state index is -4.81. The largest absolute Gasteiger partial charge is 0.573 e. The Kier molecular flexibility index (Phi) is 7.89. The van der Waals surface area contributed by atoms with Gasteiger partial charge in [-0.3, -0.25) is 9.59 Å². The Morgan fingerprint density at radius 2 is 1.61 bits per heavy atom. The van der Waals surface area contributed by atoms with Crippen molar-refractivity contribution in [3.63, 3.8) is 0 Å². The second-order valence-electron chi connectivity index (χ2n) is 8.42. The van der Waals surface area contributed by atoms with Gasteiger partial charge in [-0.05, 0) is 66.6 Å². The summed E-state index contributed by atoms with van der Waals surface area (Å²) in [5, 5.41) is 3.42. The molecule has 1 heterocycles. The van der Waals surface area contributed by atoms with Crippen molar-refractivity contribution in [1.29, 1.82) is 0 Å². The summed E-state index contributed by atoms with van der Waals surface area (Å²) in [5.74, 6) is -0.931. The summed E-state index contributed by atoms with van der Waals surface area (Å²) >= 11 is 5.96. The molecule has 0 spiro atoms. The molecule has 33 heavy (non-hydrogen) atoms.